The summed E-state index contributed by atoms with van der Waals surface area (Å²) in [4.78, 5) is 17.0. The molecule has 2 atom stereocenters. The van der Waals surface area contributed by atoms with Crippen LogP contribution in [0.4, 0.5) is 0 Å². The Morgan fingerprint density at radius 2 is 1.70 bits per heavy atom. The largest absolute Gasteiger partial charge is 0.379 e. The van der Waals surface area contributed by atoms with Crippen LogP contribution in [0, 0.1) is 0 Å². The zero-order valence-electron chi connectivity index (χ0n) is 15.6. The van der Waals surface area contributed by atoms with Crippen molar-refractivity contribution >= 4 is 5.91 Å². The SMILES string of the molecule is CC(C)N(C)C(=O)[C@H](C)N[C@H](C)C1(N2CCOCC2)CCCC1. The van der Waals surface area contributed by atoms with Gasteiger partial charge in [0.1, 0.15) is 0 Å². The van der Waals surface area contributed by atoms with Crippen molar-refractivity contribution in [2.45, 2.75) is 77.0 Å². The van der Waals surface area contributed by atoms with Gasteiger partial charge in [0.05, 0.1) is 19.3 Å². The molecule has 2 rings (SSSR count). The van der Waals surface area contributed by atoms with E-state index in [1.54, 1.807) is 0 Å². The minimum Gasteiger partial charge on any atom is -0.379 e. The molecule has 1 aliphatic heterocycles. The first-order valence-corrected chi connectivity index (χ1v) is 9.24. The van der Waals surface area contributed by atoms with Crippen LogP contribution in [0.15, 0.2) is 0 Å². The highest BCUT2D eigenvalue weighted by Crippen LogP contribution is 2.38. The van der Waals surface area contributed by atoms with Crippen LogP contribution in [-0.2, 0) is 9.53 Å². The second kappa shape index (κ2) is 7.95. The standard InChI is InChI=1S/C18H35N3O2/c1-14(2)20(5)17(22)15(3)19-16(4)18(8-6-7-9-18)21-10-12-23-13-11-21/h14-16,19H,6-13H2,1-5H3/t15-,16+/m0/s1. The lowest BCUT2D eigenvalue weighted by Crippen LogP contribution is -2.63. The fraction of sp³-hybridized carbons (Fsp3) is 0.944. The van der Waals surface area contributed by atoms with Gasteiger partial charge in [0.2, 0.25) is 5.91 Å². The Morgan fingerprint density at radius 1 is 1.13 bits per heavy atom. The summed E-state index contributed by atoms with van der Waals surface area (Å²) in [7, 11) is 1.89. The van der Waals surface area contributed by atoms with E-state index in [4.69, 9.17) is 4.74 Å². The Kier molecular flexibility index (Phi) is 6.46. The second-order valence-electron chi connectivity index (χ2n) is 7.56. The van der Waals surface area contributed by atoms with Gasteiger partial charge in [0.25, 0.3) is 0 Å². The number of carbonyl (C=O) groups excluding carboxylic acids is 1. The number of carbonyl (C=O) groups is 1. The minimum absolute atomic E-state index is 0.143. The maximum atomic E-state index is 12.5. The van der Waals surface area contributed by atoms with E-state index in [9.17, 15) is 4.79 Å². The van der Waals surface area contributed by atoms with Gasteiger partial charge in [-0.15, -0.1) is 0 Å². The molecule has 0 aromatic rings. The summed E-state index contributed by atoms with van der Waals surface area (Å²) in [5.74, 6) is 0.182. The summed E-state index contributed by atoms with van der Waals surface area (Å²) in [6.07, 6.45) is 5.03. The van der Waals surface area contributed by atoms with Gasteiger partial charge in [-0.25, -0.2) is 0 Å². The highest BCUT2D eigenvalue weighted by molar-refractivity contribution is 5.81. The van der Waals surface area contributed by atoms with Crippen LogP contribution in [-0.4, -0.2) is 72.7 Å². The monoisotopic (exact) mass is 325 g/mol. The second-order valence-corrected chi connectivity index (χ2v) is 7.56. The van der Waals surface area contributed by atoms with E-state index in [0.717, 1.165) is 26.3 Å². The molecule has 5 heteroatoms. The van der Waals surface area contributed by atoms with Crippen molar-refractivity contribution < 1.29 is 9.53 Å². The van der Waals surface area contributed by atoms with Gasteiger partial charge >= 0.3 is 0 Å². The van der Waals surface area contributed by atoms with Crippen molar-refractivity contribution in [1.82, 2.24) is 15.1 Å². The molecule has 1 aliphatic carbocycles. The Morgan fingerprint density at radius 3 is 2.22 bits per heavy atom. The molecular weight excluding hydrogens is 290 g/mol. The van der Waals surface area contributed by atoms with E-state index in [0.29, 0.717) is 6.04 Å². The lowest BCUT2D eigenvalue weighted by atomic mass is 9.86. The van der Waals surface area contributed by atoms with E-state index >= 15 is 0 Å². The zero-order valence-corrected chi connectivity index (χ0v) is 15.6. The Hall–Kier alpha value is -0.650. The van der Waals surface area contributed by atoms with Gasteiger partial charge in [-0.05, 0) is 40.5 Å². The lowest BCUT2D eigenvalue weighted by Gasteiger charge is -2.48. The fourth-order valence-corrected chi connectivity index (χ4v) is 4.18. The molecule has 0 radical (unpaired) electrons. The van der Waals surface area contributed by atoms with E-state index in [1.807, 2.05) is 18.9 Å². The summed E-state index contributed by atoms with van der Waals surface area (Å²) >= 11 is 0. The molecule has 134 valence electrons. The Labute approximate surface area is 141 Å². The maximum absolute atomic E-state index is 12.5. The number of hydrogen-bond acceptors (Lipinski definition) is 4. The third kappa shape index (κ3) is 4.06. The van der Waals surface area contributed by atoms with Crippen molar-refractivity contribution in [1.29, 1.82) is 0 Å². The highest BCUT2D eigenvalue weighted by Gasteiger charge is 2.45. The molecule has 0 aromatic carbocycles. The number of morpholine rings is 1. The van der Waals surface area contributed by atoms with Crippen molar-refractivity contribution in [3.63, 3.8) is 0 Å². The maximum Gasteiger partial charge on any atom is 0.239 e. The molecule has 1 heterocycles. The summed E-state index contributed by atoms with van der Waals surface area (Å²) in [5.41, 5.74) is 0.189. The topological polar surface area (TPSA) is 44.8 Å². The predicted octanol–water partition coefficient (Wildman–Crippen LogP) is 1.86. The quantitative estimate of drug-likeness (QED) is 0.810. The van der Waals surface area contributed by atoms with E-state index in [2.05, 4.69) is 31.0 Å². The average Bonchev–Trinajstić information content (AvgIpc) is 3.05. The summed E-state index contributed by atoms with van der Waals surface area (Å²) < 4.78 is 5.54. The number of nitrogens with zero attached hydrogens (tertiary/aromatic N) is 2. The van der Waals surface area contributed by atoms with E-state index < -0.39 is 0 Å². The van der Waals surface area contributed by atoms with Gasteiger partial charge < -0.3 is 15.0 Å². The molecule has 0 aromatic heterocycles. The number of nitrogens with one attached hydrogen (secondary N) is 1. The van der Waals surface area contributed by atoms with Crippen molar-refractivity contribution in [3.8, 4) is 0 Å². The van der Waals surface area contributed by atoms with Crippen LogP contribution in [0.3, 0.4) is 0 Å². The summed E-state index contributed by atoms with van der Waals surface area (Å²) in [6.45, 7) is 12.1. The van der Waals surface area contributed by atoms with Crippen LogP contribution < -0.4 is 5.32 Å². The predicted molar refractivity (Wildman–Crippen MR) is 93.6 cm³/mol. The highest BCUT2D eigenvalue weighted by atomic mass is 16.5. The molecule has 23 heavy (non-hydrogen) atoms. The van der Waals surface area contributed by atoms with Gasteiger partial charge in [0, 0.05) is 37.8 Å². The molecule has 1 saturated carbocycles. The van der Waals surface area contributed by atoms with E-state index in [-0.39, 0.29) is 23.5 Å². The number of rotatable bonds is 6. The van der Waals surface area contributed by atoms with Crippen LogP contribution in [0.5, 0.6) is 0 Å². The minimum atomic E-state index is -0.143. The van der Waals surface area contributed by atoms with Crippen LogP contribution in [0.1, 0.15) is 53.4 Å². The number of ether oxygens (including phenoxy) is 1. The molecule has 2 fully saturated rings. The third-order valence-corrected chi connectivity index (χ3v) is 5.91. The smallest absolute Gasteiger partial charge is 0.239 e. The van der Waals surface area contributed by atoms with Crippen molar-refractivity contribution in [3.05, 3.63) is 0 Å². The van der Waals surface area contributed by atoms with Crippen LogP contribution >= 0.6 is 0 Å². The Bertz CT molecular complexity index is 388. The molecule has 1 N–H and O–H groups in total. The molecule has 0 unspecified atom stereocenters. The normalized spacial score (nSPS) is 24.6. The fourth-order valence-electron chi connectivity index (χ4n) is 4.18. The molecule has 5 nitrogen and oxygen atoms in total. The van der Waals surface area contributed by atoms with Gasteiger partial charge in [0.15, 0.2) is 0 Å². The van der Waals surface area contributed by atoms with Gasteiger partial charge in [-0.3, -0.25) is 9.69 Å². The Balaban J connectivity index is 2.03. The van der Waals surface area contributed by atoms with Gasteiger partial charge in [-0.1, -0.05) is 12.8 Å². The van der Waals surface area contributed by atoms with Crippen LogP contribution in [0.25, 0.3) is 0 Å². The van der Waals surface area contributed by atoms with Gasteiger partial charge in [-0.2, -0.15) is 0 Å². The molecule has 0 spiro atoms. The first kappa shape index (κ1) is 18.7. The average molecular weight is 325 g/mol. The number of amides is 1. The zero-order chi connectivity index (χ0) is 17.0. The molecule has 0 bridgehead atoms. The molecule has 1 saturated heterocycles. The van der Waals surface area contributed by atoms with Crippen LogP contribution in [0.2, 0.25) is 0 Å². The molecule has 1 amide bonds. The lowest BCUT2D eigenvalue weighted by molar-refractivity contribution is -0.133. The van der Waals surface area contributed by atoms with E-state index in [1.165, 1.54) is 25.7 Å². The third-order valence-electron chi connectivity index (χ3n) is 5.91. The first-order valence-electron chi connectivity index (χ1n) is 9.24. The molecular formula is C18H35N3O2. The van der Waals surface area contributed by atoms with Crippen molar-refractivity contribution in [2.75, 3.05) is 33.4 Å². The molecule has 2 aliphatic rings. The van der Waals surface area contributed by atoms with Crippen molar-refractivity contribution in [2.24, 2.45) is 0 Å². The summed E-state index contributed by atoms with van der Waals surface area (Å²) in [5, 5.41) is 3.62. The number of hydrogen-bond donors (Lipinski definition) is 1. The first-order chi connectivity index (χ1) is 10.9. The number of likely N-dealkylation sites (N-methyl/N-ethyl adjacent to an activating group) is 1. The summed E-state index contributed by atoms with van der Waals surface area (Å²) in [6, 6.07) is 0.403.